The van der Waals surface area contributed by atoms with Gasteiger partial charge in [0.2, 0.25) is 6.79 Å². The number of aryl methyl sites for hydroxylation is 1. The Morgan fingerprint density at radius 2 is 1.97 bits per heavy atom. The normalized spacial score (nSPS) is 18.2. The first-order valence-electron chi connectivity index (χ1n) is 9.79. The van der Waals surface area contributed by atoms with Gasteiger partial charge in [-0.3, -0.25) is 0 Å². The molecule has 1 saturated heterocycles. The first-order valence-corrected chi connectivity index (χ1v) is 11.1. The molecule has 174 valence electrons. The summed E-state index contributed by atoms with van der Waals surface area (Å²) in [5, 5.41) is 0.0204. The molecule has 0 unspecified atom stereocenters. The van der Waals surface area contributed by atoms with E-state index in [1.165, 1.54) is 4.90 Å². The first-order chi connectivity index (χ1) is 14.8. The minimum atomic E-state index is -0.827. The summed E-state index contributed by atoms with van der Waals surface area (Å²) in [6.45, 7) is 10.6. The number of hydrogen-bond acceptors (Lipinski definition) is 8. The maximum absolute atomic E-state index is 13.3. The molecule has 1 aromatic rings. The van der Waals surface area contributed by atoms with Crippen LogP contribution in [0.1, 0.15) is 19.2 Å². The van der Waals surface area contributed by atoms with E-state index in [4.69, 9.17) is 14.5 Å². The van der Waals surface area contributed by atoms with Gasteiger partial charge in [0, 0.05) is 31.1 Å². The molecule has 3 rings (SSSR count). The lowest BCUT2D eigenvalue weighted by Crippen LogP contribution is -2.50. The molecule has 8 nitrogen and oxygen atoms in total. The predicted molar refractivity (Wildman–Crippen MR) is 130 cm³/mol. The van der Waals surface area contributed by atoms with Crippen molar-refractivity contribution in [1.82, 2.24) is 14.7 Å². The highest BCUT2D eigenvalue weighted by Gasteiger charge is 2.33. The van der Waals surface area contributed by atoms with E-state index >= 15 is 0 Å². The number of allylic oxidation sites excluding steroid dienone is 3. The average Bonchev–Trinajstić information content (AvgIpc) is 3.02. The number of likely N-dealkylation sites (N-methyl/N-ethyl adjacent to an activating group) is 1. The minimum Gasteiger partial charge on any atom is -0.420 e. The molecule has 0 N–H and O–H groups in total. The van der Waals surface area contributed by atoms with Crippen molar-refractivity contribution in [2.45, 2.75) is 21.3 Å². The molecule has 2 aliphatic heterocycles. The number of rotatable bonds is 4. The Morgan fingerprint density at radius 3 is 2.59 bits per heavy atom. The number of piperazine rings is 1. The smallest absolute Gasteiger partial charge is 0.420 e. The highest BCUT2D eigenvalue weighted by molar-refractivity contribution is 7.96. The van der Waals surface area contributed by atoms with Crippen LogP contribution in [-0.4, -0.2) is 66.1 Å². The van der Waals surface area contributed by atoms with Crippen LogP contribution in [0.2, 0.25) is 0 Å². The molecule has 0 saturated carbocycles. The van der Waals surface area contributed by atoms with Crippen LogP contribution in [0.3, 0.4) is 0 Å². The summed E-state index contributed by atoms with van der Waals surface area (Å²) in [7, 11) is 2.07. The van der Waals surface area contributed by atoms with E-state index in [9.17, 15) is 9.59 Å². The molecular formula is C22H30N4O4S2. The van der Waals surface area contributed by atoms with Crippen LogP contribution in [0, 0.1) is 6.92 Å². The quantitative estimate of drug-likeness (QED) is 0.407. The maximum Gasteiger partial charge on any atom is 0.423 e. The van der Waals surface area contributed by atoms with E-state index < -0.39 is 18.2 Å². The highest BCUT2D eigenvalue weighted by Crippen LogP contribution is 2.27. The Bertz CT molecular complexity index is 1050. The van der Waals surface area contributed by atoms with Crippen molar-refractivity contribution in [2.75, 3.05) is 40.0 Å². The molecule has 1 amide bonds. The molecule has 0 atom stereocenters. The standard InChI is InChI=1S/C21H26N4O4S2.CH4/c1-5-6-7-17-15(3)22-18-16(12-14(2)31-18)19(24-10-8-23(4)9-11-24)25(17)20(26)28-13-29-21(27)30;/h5-7,12H,3,8-11,13H2,1-2,4H3,(H,27,30);1H4/b6-5-,17-7+;. The van der Waals surface area contributed by atoms with E-state index in [0.29, 0.717) is 17.2 Å². The summed E-state index contributed by atoms with van der Waals surface area (Å²) < 4.78 is 10.7. The Balaban J connectivity index is 0.00000363. The largest absolute Gasteiger partial charge is 0.423 e. The zero-order valence-electron chi connectivity index (χ0n) is 17.8. The van der Waals surface area contributed by atoms with Crippen LogP contribution in [0.4, 0.5) is 9.59 Å². The Kier molecular flexibility index (Phi) is 9.11. The Labute approximate surface area is 198 Å². The summed E-state index contributed by atoms with van der Waals surface area (Å²) >= 11 is 5.09. The molecule has 0 bridgehead atoms. The van der Waals surface area contributed by atoms with Gasteiger partial charge in [-0.05, 0) is 33.0 Å². The van der Waals surface area contributed by atoms with Crippen molar-refractivity contribution in [3.8, 4) is 0 Å². The average molecular weight is 479 g/mol. The fourth-order valence-electron chi connectivity index (χ4n) is 3.36. The van der Waals surface area contributed by atoms with Gasteiger partial charge in [0.15, 0.2) is 0 Å². The number of ether oxygens (including phenoxy) is 2. The summed E-state index contributed by atoms with van der Waals surface area (Å²) in [5.74, 6) is 0.688. The molecule has 10 heteroatoms. The number of amides is 1. The van der Waals surface area contributed by atoms with Gasteiger partial charge in [-0.2, -0.15) is 0 Å². The predicted octanol–water partition coefficient (Wildman–Crippen LogP) is 3.08. The molecule has 3 heterocycles. The number of thiophene rings is 1. The van der Waals surface area contributed by atoms with Crippen LogP contribution in [-0.2, 0) is 9.47 Å². The van der Waals surface area contributed by atoms with E-state index in [-0.39, 0.29) is 7.43 Å². The molecule has 1 fully saturated rings. The van der Waals surface area contributed by atoms with E-state index in [1.807, 2.05) is 32.1 Å². The SMILES string of the molecule is C.C=C1N=c2sc(C)cc2=C(N2CCN(C)CC2)N(C(=O)OCOC(=O)S)/C1=C/C=C\C. The fraction of sp³-hybridized carbons (Fsp3) is 0.409. The molecule has 0 spiro atoms. The molecule has 0 aliphatic carbocycles. The maximum atomic E-state index is 13.3. The van der Waals surface area contributed by atoms with Crippen LogP contribution in [0.5, 0.6) is 0 Å². The van der Waals surface area contributed by atoms with Crippen LogP contribution >= 0.6 is 24.0 Å². The van der Waals surface area contributed by atoms with Crippen LogP contribution < -0.4 is 9.89 Å². The molecule has 32 heavy (non-hydrogen) atoms. The van der Waals surface area contributed by atoms with Crippen molar-refractivity contribution in [3.05, 3.63) is 57.0 Å². The van der Waals surface area contributed by atoms with Crippen molar-refractivity contribution in [3.63, 3.8) is 0 Å². The zero-order chi connectivity index (χ0) is 22.5. The van der Waals surface area contributed by atoms with E-state index in [2.05, 4.69) is 36.1 Å². The van der Waals surface area contributed by atoms with Crippen molar-refractivity contribution >= 4 is 41.2 Å². The molecule has 2 aliphatic rings. The van der Waals surface area contributed by atoms with Crippen LogP contribution in [0.25, 0.3) is 5.82 Å². The Morgan fingerprint density at radius 1 is 1.28 bits per heavy atom. The van der Waals surface area contributed by atoms with Gasteiger partial charge in [-0.25, -0.2) is 19.5 Å². The summed E-state index contributed by atoms with van der Waals surface area (Å²) in [5.41, 5.74) is 0.934. The third kappa shape index (κ3) is 5.81. The van der Waals surface area contributed by atoms with Gasteiger partial charge in [-0.1, -0.05) is 38.8 Å². The van der Waals surface area contributed by atoms with Crippen molar-refractivity contribution in [2.24, 2.45) is 4.99 Å². The second-order valence-electron chi connectivity index (χ2n) is 7.10. The lowest BCUT2D eigenvalue weighted by Gasteiger charge is -2.39. The van der Waals surface area contributed by atoms with E-state index in [0.717, 1.165) is 40.9 Å². The molecule has 0 radical (unpaired) electrons. The molecule has 0 aromatic carbocycles. The van der Waals surface area contributed by atoms with Gasteiger partial charge in [0.05, 0.1) is 16.6 Å². The van der Waals surface area contributed by atoms with E-state index in [1.54, 1.807) is 17.4 Å². The lowest BCUT2D eigenvalue weighted by molar-refractivity contribution is 0.0253. The number of fused-ring (bicyclic) bond motifs is 1. The number of nitrogens with zero attached hydrogens (tertiary/aromatic N) is 4. The van der Waals surface area contributed by atoms with Crippen molar-refractivity contribution in [1.29, 1.82) is 0 Å². The Hall–Kier alpha value is -2.56. The van der Waals surface area contributed by atoms with Gasteiger partial charge >= 0.3 is 11.4 Å². The first kappa shape index (κ1) is 25.7. The van der Waals surface area contributed by atoms with Crippen molar-refractivity contribution < 1.29 is 19.1 Å². The summed E-state index contributed by atoms with van der Waals surface area (Å²) in [6, 6.07) is 2.02. The second-order valence-corrected chi connectivity index (χ2v) is 8.70. The topological polar surface area (TPSA) is 74.7 Å². The zero-order valence-corrected chi connectivity index (χ0v) is 19.5. The number of carbonyl (C=O) groups is 2. The van der Waals surface area contributed by atoms with Gasteiger partial charge < -0.3 is 19.3 Å². The van der Waals surface area contributed by atoms with Gasteiger partial charge in [0.25, 0.3) is 0 Å². The fourth-order valence-corrected chi connectivity index (χ4v) is 4.31. The summed E-state index contributed by atoms with van der Waals surface area (Å²) in [6.07, 6.45) is 4.76. The van der Waals surface area contributed by atoms with Gasteiger partial charge in [-0.15, -0.1) is 11.3 Å². The van der Waals surface area contributed by atoms with Gasteiger partial charge in [0.1, 0.15) is 10.5 Å². The third-order valence-corrected chi connectivity index (χ3v) is 5.93. The lowest BCUT2D eigenvalue weighted by atomic mass is 10.2. The number of thiol groups is 1. The monoisotopic (exact) mass is 478 g/mol. The molecule has 1 aromatic heterocycles. The second kappa shape index (κ2) is 11.3. The molecular weight excluding hydrogens is 448 g/mol. The number of hydrogen-bond donors (Lipinski definition) is 1. The highest BCUT2D eigenvalue weighted by atomic mass is 32.1. The summed E-state index contributed by atoms with van der Waals surface area (Å²) in [4.78, 5) is 35.9. The number of carbonyl (C=O) groups excluding carboxylic acids is 2. The minimum absolute atomic E-state index is 0. The van der Waals surface area contributed by atoms with Crippen LogP contribution in [0.15, 0.2) is 47.3 Å². The third-order valence-electron chi connectivity index (χ3n) is 4.86.